The number of imidazole rings is 1. The molecule has 0 aliphatic rings. The average Bonchev–Trinajstić information content (AvgIpc) is 3.17. The number of carbonyl (C=O) groups excluding carboxylic acids is 1. The zero-order chi connectivity index (χ0) is 21.8. The molecule has 6 nitrogen and oxygen atoms in total. The predicted octanol–water partition coefficient (Wildman–Crippen LogP) is 4.90. The SMILES string of the molecule is COc1ccc(OC)c(CCC(=O)Nc2c(-c3ccccc3)nc3c(C)cccn23)c1. The van der Waals surface area contributed by atoms with Crippen molar-refractivity contribution in [1.82, 2.24) is 9.38 Å². The molecule has 0 unspecified atom stereocenters. The van der Waals surface area contributed by atoms with E-state index in [2.05, 4.69) is 5.32 Å². The second-order valence-electron chi connectivity index (χ2n) is 7.29. The van der Waals surface area contributed by atoms with E-state index in [4.69, 9.17) is 14.5 Å². The lowest BCUT2D eigenvalue weighted by Crippen LogP contribution is -2.14. The Bertz CT molecular complexity index is 1220. The molecule has 0 fully saturated rings. The lowest BCUT2D eigenvalue weighted by atomic mass is 10.1. The van der Waals surface area contributed by atoms with E-state index in [0.29, 0.717) is 18.7 Å². The monoisotopic (exact) mass is 415 g/mol. The van der Waals surface area contributed by atoms with E-state index in [-0.39, 0.29) is 5.91 Å². The molecule has 0 radical (unpaired) electrons. The molecule has 0 atom stereocenters. The number of hydrogen-bond donors (Lipinski definition) is 1. The van der Waals surface area contributed by atoms with Gasteiger partial charge in [0.25, 0.3) is 0 Å². The van der Waals surface area contributed by atoms with Gasteiger partial charge in [0, 0.05) is 18.2 Å². The topological polar surface area (TPSA) is 64.9 Å². The molecule has 0 aliphatic heterocycles. The summed E-state index contributed by atoms with van der Waals surface area (Å²) in [6.45, 7) is 2.01. The number of ether oxygens (including phenoxy) is 2. The van der Waals surface area contributed by atoms with Gasteiger partial charge in [-0.2, -0.15) is 0 Å². The summed E-state index contributed by atoms with van der Waals surface area (Å²) in [4.78, 5) is 17.7. The van der Waals surface area contributed by atoms with Crippen molar-refractivity contribution in [2.24, 2.45) is 0 Å². The number of benzene rings is 2. The maximum absolute atomic E-state index is 12.9. The first-order chi connectivity index (χ1) is 15.1. The van der Waals surface area contributed by atoms with Crippen LogP contribution in [-0.4, -0.2) is 29.5 Å². The third-order valence-corrected chi connectivity index (χ3v) is 5.26. The number of rotatable bonds is 7. The smallest absolute Gasteiger partial charge is 0.225 e. The highest BCUT2D eigenvalue weighted by Crippen LogP contribution is 2.30. The highest BCUT2D eigenvalue weighted by Gasteiger charge is 2.18. The number of hydrogen-bond acceptors (Lipinski definition) is 4. The zero-order valence-electron chi connectivity index (χ0n) is 17.9. The number of nitrogens with one attached hydrogen (secondary N) is 1. The van der Waals surface area contributed by atoms with Crippen molar-refractivity contribution in [2.75, 3.05) is 19.5 Å². The first kappa shape index (κ1) is 20.5. The van der Waals surface area contributed by atoms with Crippen molar-refractivity contribution in [2.45, 2.75) is 19.8 Å². The molecule has 158 valence electrons. The maximum atomic E-state index is 12.9. The van der Waals surface area contributed by atoms with E-state index in [0.717, 1.165) is 39.5 Å². The molecule has 0 saturated carbocycles. The Morgan fingerprint density at radius 2 is 1.84 bits per heavy atom. The molecule has 0 aliphatic carbocycles. The summed E-state index contributed by atoms with van der Waals surface area (Å²) >= 11 is 0. The van der Waals surface area contributed by atoms with Crippen molar-refractivity contribution in [3.63, 3.8) is 0 Å². The molecular weight excluding hydrogens is 390 g/mol. The van der Waals surface area contributed by atoms with Crippen LogP contribution in [0.3, 0.4) is 0 Å². The van der Waals surface area contributed by atoms with Gasteiger partial charge in [0.2, 0.25) is 5.91 Å². The second-order valence-corrected chi connectivity index (χ2v) is 7.29. The lowest BCUT2D eigenvalue weighted by Gasteiger charge is -2.11. The van der Waals surface area contributed by atoms with E-state index in [1.165, 1.54) is 0 Å². The summed E-state index contributed by atoms with van der Waals surface area (Å²) < 4.78 is 12.7. The first-order valence-corrected chi connectivity index (χ1v) is 10.1. The number of nitrogens with zero attached hydrogens (tertiary/aromatic N) is 2. The second kappa shape index (κ2) is 8.92. The van der Waals surface area contributed by atoms with E-state index < -0.39 is 0 Å². The molecule has 6 heteroatoms. The molecule has 0 bridgehead atoms. The molecular formula is C25H25N3O3. The van der Waals surface area contributed by atoms with Crippen molar-refractivity contribution in [3.05, 3.63) is 78.0 Å². The van der Waals surface area contributed by atoms with Crippen LogP contribution in [0.2, 0.25) is 0 Å². The van der Waals surface area contributed by atoms with Gasteiger partial charge in [0.1, 0.15) is 28.7 Å². The van der Waals surface area contributed by atoms with Gasteiger partial charge in [-0.15, -0.1) is 0 Å². The fourth-order valence-corrected chi connectivity index (χ4v) is 3.64. The molecule has 0 spiro atoms. The molecule has 2 aromatic carbocycles. The van der Waals surface area contributed by atoms with Gasteiger partial charge in [0.05, 0.1) is 14.2 Å². The predicted molar refractivity (Wildman–Crippen MR) is 122 cm³/mol. The Balaban J connectivity index is 1.61. The quantitative estimate of drug-likeness (QED) is 0.466. The van der Waals surface area contributed by atoms with E-state index in [1.54, 1.807) is 14.2 Å². The Labute approximate surface area is 181 Å². The van der Waals surface area contributed by atoms with Gasteiger partial charge >= 0.3 is 0 Å². The Hall–Kier alpha value is -3.80. The Morgan fingerprint density at radius 1 is 1.03 bits per heavy atom. The molecule has 1 amide bonds. The normalized spacial score (nSPS) is 10.8. The maximum Gasteiger partial charge on any atom is 0.225 e. The van der Waals surface area contributed by atoms with Crippen LogP contribution in [0.15, 0.2) is 66.9 Å². The third-order valence-electron chi connectivity index (χ3n) is 5.26. The molecule has 31 heavy (non-hydrogen) atoms. The fourth-order valence-electron chi connectivity index (χ4n) is 3.64. The summed E-state index contributed by atoms with van der Waals surface area (Å²) in [5, 5.41) is 3.09. The van der Waals surface area contributed by atoms with Crippen LogP contribution in [-0.2, 0) is 11.2 Å². The summed E-state index contributed by atoms with van der Waals surface area (Å²) in [7, 11) is 3.24. The number of methoxy groups -OCH3 is 2. The highest BCUT2D eigenvalue weighted by molar-refractivity contribution is 5.95. The summed E-state index contributed by atoms with van der Waals surface area (Å²) in [6.07, 6.45) is 2.75. The van der Waals surface area contributed by atoms with E-state index in [9.17, 15) is 4.79 Å². The molecule has 4 aromatic rings. The van der Waals surface area contributed by atoms with Crippen LogP contribution in [0, 0.1) is 6.92 Å². The Morgan fingerprint density at radius 3 is 2.58 bits per heavy atom. The minimum atomic E-state index is -0.0923. The van der Waals surface area contributed by atoms with Crippen LogP contribution in [0.5, 0.6) is 11.5 Å². The van der Waals surface area contributed by atoms with Gasteiger partial charge in [-0.25, -0.2) is 4.98 Å². The van der Waals surface area contributed by atoms with E-state index >= 15 is 0 Å². The lowest BCUT2D eigenvalue weighted by molar-refractivity contribution is -0.116. The summed E-state index contributed by atoms with van der Waals surface area (Å²) in [5.74, 6) is 2.06. The summed E-state index contributed by atoms with van der Waals surface area (Å²) in [6, 6.07) is 19.4. The Kier molecular flexibility index (Phi) is 5.89. The molecule has 2 heterocycles. The van der Waals surface area contributed by atoms with Crippen LogP contribution < -0.4 is 14.8 Å². The van der Waals surface area contributed by atoms with Crippen molar-refractivity contribution in [3.8, 4) is 22.8 Å². The molecule has 2 aromatic heterocycles. The third kappa shape index (κ3) is 4.23. The minimum Gasteiger partial charge on any atom is -0.497 e. The number of carbonyl (C=O) groups is 1. The number of pyridine rings is 1. The molecule has 1 N–H and O–H groups in total. The molecule has 0 saturated heterocycles. The summed E-state index contributed by atoms with van der Waals surface area (Å²) in [5.41, 5.74) is 4.50. The standard InChI is InChI=1S/C25H25N3O3/c1-17-8-7-15-28-24(17)27-23(18-9-5-4-6-10-18)25(28)26-22(29)14-11-19-16-20(30-2)12-13-21(19)31-3/h4-10,12-13,15-16H,11,14H2,1-3H3,(H,26,29). The largest absolute Gasteiger partial charge is 0.497 e. The fraction of sp³-hybridized carbons (Fsp3) is 0.200. The van der Waals surface area contributed by atoms with Crippen molar-refractivity contribution >= 4 is 17.4 Å². The van der Waals surface area contributed by atoms with E-state index in [1.807, 2.05) is 78.2 Å². The van der Waals surface area contributed by atoms with Gasteiger partial charge in [-0.3, -0.25) is 9.20 Å². The minimum absolute atomic E-state index is 0.0923. The average molecular weight is 415 g/mol. The van der Waals surface area contributed by atoms with Gasteiger partial charge in [-0.05, 0) is 48.7 Å². The van der Waals surface area contributed by atoms with Crippen LogP contribution in [0.1, 0.15) is 17.5 Å². The first-order valence-electron chi connectivity index (χ1n) is 10.1. The zero-order valence-corrected chi connectivity index (χ0v) is 17.9. The van der Waals surface area contributed by atoms with Gasteiger partial charge in [0.15, 0.2) is 0 Å². The highest BCUT2D eigenvalue weighted by atomic mass is 16.5. The number of aryl methyl sites for hydroxylation is 2. The van der Waals surface area contributed by atoms with Gasteiger partial charge in [-0.1, -0.05) is 36.4 Å². The molecule has 4 rings (SSSR count). The van der Waals surface area contributed by atoms with Crippen LogP contribution in [0.25, 0.3) is 16.9 Å². The number of amides is 1. The van der Waals surface area contributed by atoms with Crippen molar-refractivity contribution < 1.29 is 14.3 Å². The van der Waals surface area contributed by atoms with Crippen LogP contribution >= 0.6 is 0 Å². The van der Waals surface area contributed by atoms with Crippen molar-refractivity contribution in [1.29, 1.82) is 0 Å². The van der Waals surface area contributed by atoms with Crippen LogP contribution in [0.4, 0.5) is 5.82 Å². The number of fused-ring (bicyclic) bond motifs is 1. The number of anilines is 1. The van der Waals surface area contributed by atoms with Gasteiger partial charge < -0.3 is 14.8 Å². The number of aromatic nitrogens is 2.